The molecule has 6 rings (SSSR count). The molecule has 0 radical (unpaired) electrons. The highest BCUT2D eigenvalue weighted by Gasteiger charge is 2.61. The number of carbonyl (C=O) groups excluding carboxylic acids is 3. The summed E-state index contributed by atoms with van der Waals surface area (Å²) in [6, 6.07) is 9.77. The normalized spacial score (nSPS) is 34.4. The van der Waals surface area contributed by atoms with Crippen molar-refractivity contribution >= 4 is 34.3 Å². The molecule has 6 heteroatoms. The SMILES string of the molecule is O=C(Nc1nccc2ccccc12)C1CCC(N2C(=O)[C@@H]3[C@@H]4CC[C@@H](C4)[C@@H]3C2=O)CC1. The van der Waals surface area contributed by atoms with Crippen LogP contribution in [0.25, 0.3) is 10.8 Å². The molecule has 0 spiro atoms. The van der Waals surface area contributed by atoms with E-state index in [1.165, 1.54) is 0 Å². The van der Waals surface area contributed by atoms with Crippen LogP contribution in [-0.4, -0.2) is 33.6 Å². The summed E-state index contributed by atoms with van der Waals surface area (Å²) in [6.07, 6.45) is 7.81. The summed E-state index contributed by atoms with van der Waals surface area (Å²) in [4.78, 5) is 45.1. The van der Waals surface area contributed by atoms with Gasteiger partial charge in [-0.05, 0) is 68.2 Å². The fourth-order valence-corrected chi connectivity index (χ4v) is 6.83. The lowest BCUT2D eigenvalue weighted by atomic mass is 9.81. The van der Waals surface area contributed by atoms with Crippen LogP contribution in [0.15, 0.2) is 36.5 Å². The Hall–Kier alpha value is -2.76. The van der Waals surface area contributed by atoms with E-state index in [9.17, 15) is 14.4 Å². The van der Waals surface area contributed by atoms with Crippen LogP contribution in [-0.2, 0) is 14.4 Å². The summed E-state index contributed by atoms with van der Waals surface area (Å²) in [7, 11) is 0. The molecule has 3 saturated carbocycles. The third-order valence-electron chi connectivity index (χ3n) is 8.31. The number of carbonyl (C=O) groups is 3. The number of likely N-dealkylation sites (tertiary alicyclic amines) is 1. The van der Waals surface area contributed by atoms with E-state index in [0.29, 0.717) is 43.3 Å². The molecule has 4 fully saturated rings. The van der Waals surface area contributed by atoms with E-state index in [0.717, 1.165) is 30.0 Å². The van der Waals surface area contributed by atoms with Crippen molar-refractivity contribution in [3.05, 3.63) is 36.5 Å². The Morgan fingerprint density at radius 3 is 2.29 bits per heavy atom. The fraction of sp³-hybridized carbons (Fsp3) is 0.520. The molecule has 2 bridgehead atoms. The second-order valence-corrected chi connectivity index (χ2v) is 9.81. The minimum Gasteiger partial charge on any atom is -0.310 e. The van der Waals surface area contributed by atoms with Crippen molar-refractivity contribution in [2.45, 2.75) is 51.0 Å². The topological polar surface area (TPSA) is 79.4 Å². The van der Waals surface area contributed by atoms with Crippen molar-refractivity contribution < 1.29 is 14.4 Å². The quantitative estimate of drug-likeness (QED) is 0.771. The highest BCUT2D eigenvalue weighted by atomic mass is 16.2. The van der Waals surface area contributed by atoms with Crippen molar-refractivity contribution in [2.75, 3.05) is 5.32 Å². The molecule has 0 unspecified atom stereocenters. The molecule has 160 valence electrons. The number of amides is 3. The van der Waals surface area contributed by atoms with Gasteiger partial charge in [-0.15, -0.1) is 0 Å². The van der Waals surface area contributed by atoms with Gasteiger partial charge in [-0.2, -0.15) is 0 Å². The molecule has 6 nitrogen and oxygen atoms in total. The molecular weight excluding hydrogens is 390 g/mol. The minimum atomic E-state index is -0.111. The average molecular weight is 418 g/mol. The Morgan fingerprint density at radius 1 is 0.903 bits per heavy atom. The zero-order valence-electron chi connectivity index (χ0n) is 17.5. The number of nitrogens with one attached hydrogen (secondary N) is 1. The number of fused-ring (bicyclic) bond motifs is 6. The lowest BCUT2D eigenvalue weighted by Crippen LogP contribution is -2.44. The number of imide groups is 1. The smallest absolute Gasteiger partial charge is 0.233 e. The predicted molar refractivity (Wildman–Crippen MR) is 116 cm³/mol. The van der Waals surface area contributed by atoms with Gasteiger partial charge in [-0.25, -0.2) is 4.98 Å². The molecule has 31 heavy (non-hydrogen) atoms. The highest BCUT2D eigenvalue weighted by Crippen LogP contribution is 2.56. The summed E-state index contributed by atoms with van der Waals surface area (Å²) < 4.78 is 0. The van der Waals surface area contributed by atoms with Crippen LogP contribution < -0.4 is 5.32 Å². The molecule has 2 heterocycles. The summed E-state index contributed by atoms with van der Waals surface area (Å²) in [5.41, 5.74) is 0. The average Bonchev–Trinajstić information content (AvgIpc) is 3.48. The first-order valence-corrected chi connectivity index (χ1v) is 11.6. The monoisotopic (exact) mass is 417 g/mol. The van der Waals surface area contributed by atoms with Crippen molar-refractivity contribution in [2.24, 2.45) is 29.6 Å². The zero-order chi connectivity index (χ0) is 21.1. The van der Waals surface area contributed by atoms with Gasteiger partial charge in [0.1, 0.15) is 5.82 Å². The fourth-order valence-electron chi connectivity index (χ4n) is 6.83. The minimum absolute atomic E-state index is 0.0173. The van der Waals surface area contributed by atoms with Crippen molar-refractivity contribution in [3.63, 3.8) is 0 Å². The molecule has 3 aliphatic carbocycles. The lowest BCUT2D eigenvalue weighted by molar-refractivity contribution is -0.144. The zero-order valence-corrected chi connectivity index (χ0v) is 17.5. The first-order valence-electron chi connectivity index (χ1n) is 11.6. The molecule has 1 aromatic heterocycles. The van der Waals surface area contributed by atoms with Gasteiger partial charge >= 0.3 is 0 Å². The Balaban J connectivity index is 1.12. The third-order valence-corrected chi connectivity index (χ3v) is 8.31. The number of hydrogen-bond acceptors (Lipinski definition) is 4. The van der Waals surface area contributed by atoms with Crippen LogP contribution in [0.4, 0.5) is 5.82 Å². The molecular formula is C25H27N3O3. The Morgan fingerprint density at radius 2 is 1.58 bits per heavy atom. The molecule has 1 N–H and O–H groups in total. The van der Waals surface area contributed by atoms with E-state index < -0.39 is 0 Å². The van der Waals surface area contributed by atoms with E-state index in [-0.39, 0.29) is 41.5 Å². The van der Waals surface area contributed by atoms with Gasteiger partial charge in [-0.1, -0.05) is 24.3 Å². The van der Waals surface area contributed by atoms with Gasteiger partial charge < -0.3 is 5.32 Å². The van der Waals surface area contributed by atoms with Crippen LogP contribution in [0.5, 0.6) is 0 Å². The maximum atomic E-state index is 13.1. The first-order chi connectivity index (χ1) is 15.1. The second-order valence-electron chi connectivity index (χ2n) is 9.81. The van der Waals surface area contributed by atoms with Crippen molar-refractivity contribution in [3.8, 4) is 0 Å². The third kappa shape index (κ3) is 2.91. The Bertz CT molecular complexity index is 1040. The highest BCUT2D eigenvalue weighted by molar-refractivity contribution is 6.06. The van der Waals surface area contributed by atoms with Crippen LogP contribution in [0.2, 0.25) is 0 Å². The van der Waals surface area contributed by atoms with Gasteiger partial charge in [0.05, 0.1) is 11.8 Å². The summed E-state index contributed by atoms with van der Waals surface area (Å²) in [6.45, 7) is 0. The number of aromatic nitrogens is 1. The van der Waals surface area contributed by atoms with Crippen LogP contribution in [0, 0.1) is 29.6 Å². The molecule has 1 aliphatic heterocycles. The van der Waals surface area contributed by atoms with Crippen LogP contribution >= 0.6 is 0 Å². The maximum Gasteiger partial charge on any atom is 0.233 e. The van der Waals surface area contributed by atoms with Gasteiger partial charge in [-0.3, -0.25) is 19.3 Å². The van der Waals surface area contributed by atoms with Crippen molar-refractivity contribution in [1.29, 1.82) is 0 Å². The largest absolute Gasteiger partial charge is 0.310 e. The summed E-state index contributed by atoms with van der Waals surface area (Å²) in [5, 5.41) is 4.99. The van der Waals surface area contributed by atoms with E-state index in [1.54, 1.807) is 11.1 Å². The molecule has 1 saturated heterocycles. The van der Waals surface area contributed by atoms with E-state index in [1.807, 2.05) is 30.3 Å². The number of pyridine rings is 1. The molecule has 1 aromatic carbocycles. The van der Waals surface area contributed by atoms with Crippen LogP contribution in [0.1, 0.15) is 44.9 Å². The van der Waals surface area contributed by atoms with E-state index in [2.05, 4.69) is 10.3 Å². The standard InChI is InChI=1S/C25H27N3O3/c29-23(27-22-19-4-2-1-3-14(19)11-12-26-22)15-7-9-18(10-8-15)28-24(30)20-16-5-6-17(13-16)21(20)25(28)31/h1-4,11-12,15-18,20-21H,5-10,13H2,(H,26,27,29)/t15?,16-,17+,18?,20-,21+. The predicted octanol–water partition coefficient (Wildman–Crippen LogP) is 3.76. The van der Waals surface area contributed by atoms with Gasteiger partial charge in [0, 0.05) is 23.5 Å². The molecule has 3 amide bonds. The second kappa shape index (κ2) is 7.14. The van der Waals surface area contributed by atoms with Gasteiger partial charge in [0.15, 0.2) is 0 Å². The van der Waals surface area contributed by atoms with Crippen molar-refractivity contribution in [1.82, 2.24) is 9.88 Å². The van der Waals surface area contributed by atoms with Gasteiger partial charge in [0.2, 0.25) is 17.7 Å². The number of hydrogen-bond donors (Lipinski definition) is 1. The maximum absolute atomic E-state index is 13.1. The number of benzene rings is 1. The van der Waals surface area contributed by atoms with Crippen LogP contribution in [0.3, 0.4) is 0 Å². The molecule has 2 aromatic rings. The number of rotatable bonds is 3. The molecule has 4 aliphatic rings. The lowest BCUT2D eigenvalue weighted by Gasteiger charge is -2.33. The first kappa shape index (κ1) is 19.0. The Kier molecular flexibility index (Phi) is 4.37. The Labute approximate surface area is 181 Å². The van der Waals surface area contributed by atoms with E-state index >= 15 is 0 Å². The number of anilines is 1. The summed E-state index contributed by atoms with van der Waals surface area (Å²) >= 11 is 0. The van der Waals surface area contributed by atoms with E-state index in [4.69, 9.17) is 0 Å². The molecule has 4 atom stereocenters. The van der Waals surface area contributed by atoms with Gasteiger partial charge in [0.25, 0.3) is 0 Å². The summed E-state index contributed by atoms with van der Waals surface area (Å²) in [5.74, 6) is 1.37. The number of nitrogens with zero attached hydrogens (tertiary/aromatic N) is 2.